The molecule has 2 fully saturated rings. The Morgan fingerprint density at radius 1 is 1.25 bits per heavy atom. The van der Waals surface area contributed by atoms with Gasteiger partial charge in [0.1, 0.15) is 6.04 Å². The number of piperidine rings is 1. The fourth-order valence-corrected chi connectivity index (χ4v) is 4.94. The molecule has 2 unspecified atom stereocenters. The maximum atomic E-state index is 13.0. The topological polar surface area (TPSA) is 95.7 Å². The van der Waals surface area contributed by atoms with Crippen LogP contribution >= 0.6 is 0 Å². The molecule has 0 aromatic heterocycles. The summed E-state index contributed by atoms with van der Waals surface area (Å²) in [6.45, 7) is 7.30. The summed E-state index contributed by atoms with van der Waals surface area (Å²) < 4.78 is 0. The fourth-order valence-electron chi connectivity index (χ4n) is 4.94. The van der Waals surface area contributed by atoms with Gasteiger partial charge in [0.25, 0.3) is 5.91 Å². The van der Waals surface area contributed by atoms with E-state index in [1.807, 2.05) is 12.1 Å². The first-order valence-electron chi connectivity index (χ1n) is 9.98. The predicted octanol–water partition coefficient (Wildman–Crippen LogP) is 1.01. The van der Waals surface area contributed by atoms with Crippen molar-refractivity contribution in [1.82, 2.24) is 15.1 Å². The van der Waals surface area contributed by atoms with E-state index in [0.717, 1.165) is 30.6 Å². The van der Waals surface area contributed by atoms with E-state index in [1.165, 1.54) is 0 Å². The van der Waals surface area contributed by atoms with Crippen molar-refractivity contribution in [3.05, 3.63) is 34.9 Å². The number of imide groups is 1. The Labute approximate surface area is 165 Å². The molecule has 0 bridgehead atoms. The van der Waals surface area contributed by atoms with E-state index in [4.69, 9.17) is 5.73 Å². The van der Waals surface area contributed by atoms with E-state index in [0.29, 0.717) is 31.1 Å². The third-order valence-electron chi connectivity index (χ3n) is 6.26. The zero-order valence-electron chi connectivity index (χ0n) is 16.5. The smallest absolute Gasteiger partial charge is 0.255 e. The minimum absolute atomic E-state index is 0.122. The van der Waals surface area contributed by atoms with Gasteiger partial charge in [-0.05, 0) is 35.4 Å². The van der Waals surface area contributed by atoms with E-state index < -0.39 is 6.04 Å². The first-order valence-corrected chi connectivity index (χ1v) is 9.98. The van der Waals surface area contributed by atoms with Crippen molar-refractivity contribution in [2.24, 2.45) is 11.1 Å². The van der Waals surface area contributed by atoms with Crippen molar-refractivity contribution in [2.75, 3.05) is 13.1 Å². The maximum absolute atomic E-state index is 13.0. The van der Waals surface area contributed by atoms with Gasteiger partial charge in [0.05, 0.1) is 0 Å². The molecule has 0 aliphatic carbocycles. The molecule has 4 rings (SSSR count). The van der Waals surface area contributed by atoms with E-state index in [2.05, 4.69) is 30.1 Å². The second-order valence-electron chi connectivity index (χ2n) is 9.01. The van der Waals surface area contributed by atoms with E-state index in [-0.39, 0.29) is 29.6 Å². The molecule has 7 heteroatoms. The molecule has 7 nitrogen and oxygen atoms in total. The Balaban J connectivity index is 1.56. The zero-order chi connectivity index (χ0) is 20.1. The molecule has 3 amide bonds. The Kier molecular flexibility index (Phi) is 4.75. The molecule has 1 aromatic rings. The van der Waals surface area contributed by atoms with Crippen LogP contribution in [0.15, 0.2) is 18.2 Å². The number of rotatable bonds is 4. The molecule has 0 saturated carbocycles. The summed E-state index contributed by atoms with van der Waals surface area (Å²) in [5.41, 5.74) is 9.03. The molecule has 150 valence electrons. The van der Waals surface area contributed by atoms with Crippen LogP contribution in [0.5, 0.6) is 0 Å². The molecule has 1 aromatic carbocycles. The van der Waals surface area contributed by atoms with Gasteiger partial charge in [-0.25, -0.2) is 0 Å². The number of fused-ring (bicyclic) bond motifs is 1. The minimum atomic E-state index is -0.576. The summed E-state index contributed by atoms with van der Waals surface area (Å²) in [5.74, 6) is -0.762. The van der Waals surface area contributed by atoms with Crippen LogP contribution < -0.4 is 11.1 Å². The predicted molar refractivity (Wildman–Crippen MR) is 104 cm³/mol. The van der Waals surface area contributed by atoms with Gasteiger partial charge in [-0.2, -0.15) is 0 Å². The zero-order valence-corrected chi connectivity index (χ0v) is 16.5. The molecule has 28 heavy (non-hydrogen) atoms. The van der Waals surface area contributed by atoms with Crippen molar-refractivity contribution in [2.45, 2.75) is 58.3 Å². The van der Waals surface area contributed by atoms with Crippen LogP contribution in [0.2, 0.25) is 0 Å². The van der Waals surface area contributed by atoms with Crippen LogP contribution in [-0.4, -0.2) is 52.7 Å². The number of benzene rings is 1. The Bertz CT molecular complexity index is 835. The maximum Gasteiger partial charge on any atom is 0.255 e. The van der Waals surface area contributed by atoms with Crippen molar-refractivity contribution in [3.63, 3.8) is 0 Å². The normalized spacial score (nSPS) is 27.2. The van der Waals surface area contributed by atoms with E-state index in [9.17, 15) is 14.4 Å². The van der Waals surface area contributed by atoms with Gasteiger partial charge in [-0.3, -0.25) is 24.6 Å². The standard InChI is InChI=1S/C21H28N4O3/c1-21(2)8-14(9-22)24(12-21)10-13-4-3-5-15-16(13)11-25(20(15)28)17-6-7-18(26)23-19(17)27/h3-5,14,17H,6-12,22H2,1-2H3,(H,23,26,27). The van der Waals surface area contributed by atoms with Crippen molar-refractivity contribution in [3.8, 4) is 0 Å². The molecular formula is C21H28N4O3. The number of carbonyl (C=O) groups excluding carboxylic acids is 3. The van der Waals surface area contributed by atoms with E-state index in [1.54, 1.807) is 4.90 Å². The van der Waals surface area contributed by atoms with Gasteiger partial charge in [0, 0.05) is 44.2 Å². The molecule has 3 aliphatic rings. The van der Waals surface area contributed by atoms with Crippen LogP contribution in [0, 0.1) is 5.41 Å². The Morgan fingerprint density at radius 3 is 2.75 bits per heavy atom. The molecule has 0 radical (unpaired) electrons. The number of amides is 3. The van der Waals surface area contributed by atoms with Crippen LogP contribution in [0.1, 0.15) is 54.6 Å². The quantitative estimate of drug-likeness (QED) is 0.756. The lowest BCUT2D eigenvalue weighted by molar-refractivity contribution is -0.136. The van der Waals surface area contributed by atoms with Crippen LogP contribution in [0.4, 0.5) is 0 Å². The molecule has 3 N–H and O–H groups in total. The van der Waals surface area contributed by atoms with Gasteiger partial charge >= 0.3 is 0 Å². The minimum Gasteiger partial charge on any atom is -0.329 e. The number of hydrogen-bond donors (Lipinski definition) is 2. The van der Waals surface area contributed by atoms with Crippen LogP contribution in [-0.2, 0) is 22.7 Å². The average Bonchev–Trinajstić information content (AvgIpc) is 3.12. The largest absolute Gasteiger partial charge is 0.329 e. The number of nitrogens with two attached hydrogens (primary N) is 1. The van der Waals surface area contributed by atoms with E-state index >= 15 is 0 Å². The Hall–Kier alpha value is -2.25. The summed E-state index contributed by atoms with van der Waals surface area (Å²) >= 11 is 0. The summed E-state index contributed by atoms with van der Waals surface area (Å²) in [6, 6.07) is 5.58. The summed E-state index contributed by atoms with van der Waals surface area (Å²) in [6.07, 6.45) is 1.72. The number of carbonyl (C=O) groups is 3. The number of likely N-dealkylation sites (tertiary alicyclic amines) is 1. The highest BCUT2D eigenvalue weighted by Crippen LogP contribution is 2.36. The second-order valence-corrected chi connectivity index (χ2v) is 9.01. The number of hydrogen-bond acceptors (Lipinski definition) is 5. The molecular weight excluding hydrogens is 356 g/mol. The highest BCUT2D eigenvalue weighted by atomic mass is 16.2. The third kappa shape index (κ3) is 3.33. The van der Waals surface area contributed by atoms with Crippen molar-refractivity contribution < 1.29 is 14.4 Å². The third-order valence-corrected chi connectivity index (χ3v) is 6.26. The van der Waals surface area contributed by atoms with Crippen molar-refractivity contribution >= 4 is 17.7 Å². The van der Waals surface area contributed by atoms with Gasteiger partial charge in [-0.1, -0.05) is 26.0 Å². The Morgan fingerprint density at radius 2 is 2.04 bits per heavy atom. The van der Waals surface area contributed by atoms with Gasteiger partial charge in [0.15, 0.2) is 0 Å². The monoisotopic (exact) mass is 384 g/mol. The van der Waals surface area contributed by atoms with Gasteiger partial charge < -0.3 is 10.6 Å². The first kappa shape index (κ1) is 19.1. The van der Waals surface area contributed by atoms with Gasteiger partial charge in [-0.15, -0.1) is 0 Å². The molecule has 2 saturated heterocycles. The number of nitrogens with zero attached hydrogens (tertiary/aromatic N) is 2. The fraction of sp³-hybridized carbons (Fsp3) is 0.571. The van der Waals surface area contributed by atoms with Crippen LogP contribution in [0.25, 0.3) is 0 Å². The summed E-state index contributed by atoms with van der Waals surface area (Å²) in [5, 5.41) is 2.36. The SMILES string of the molecule is CC1(C)CC(CN)N(Cc2cccc3c2CN(C2CCC(=O)NC2=O)C3=O)C1. The molecule has 0 spiro atoms. The highest BCUT2D eigenvalue weighted by molar-refractivity contribution is 6.05. The average molecular weight is 384 g/mol. The first-order chi connectivity index (χ1) is 13.3. The van der Waals surface area contributed by atoms with Crippen molar-refractivity contribution in [1.29, 1.82) is 0 Å². The van der Waals surface area contributed by atoms with Crippen LogP contribution in [0.3, 0.4) is 0 Å². The molecule has 3 heterocycles. The second kappa shape index (κ2) is 6.97. The molecule has 3 aliphatic heterocycles. The molecule has 2 atom stereocenters. The summed E-state index contributed by atoms with van der Waals surface area (Å²) in [4.78, 5) is 40.7. The lowest BCUT2D eigenvalue weighted by Crippen LogP contribution is -2.52. The lowest BCUT2D eigenvalue weighted by atomic mass is 9.91. The lowest BCUT2D eigenvalue weighted by Gasteiger charge is -2.29. The number of nitrogens with one attached hydrogen (secondary N) is 1. The highest BCUT2D eigenvalue weighted by Gasteiger charge is 2.41. The van der Waals surface area contributed by atoms with Gasteiger partial charge in [0.2, 0.25) is 11.8 Å². The summed E-state index contributed by atoms with van der Waals surface area (Å²) in [7, 11) is 0.